The van der Waals surface area contributed by atoms with Gasteiger partial charge in [0.2, 0.25) is 5.88 Å². The summed E-state index contributed by atoms with van der Waals surface area (Å²) in [4.78, 5) is 9.95. The van der Waals surface area contributed by atoms with E-state index in [1.54, 1.807) is 7.11 Å². The Balaban J connectivity index is 1.68. The van der Waals surface area contributed by atoms with Crippen LogP contribution in [0.5, 0.6) is 5.88 Å². The van der Waals surface area contributed by atoms with Crippen molar-refractivity contribution in [2.75, 3.05) is 13.7 Å². The highest BCUT2D eigenvalue weighted by molar-refractivity contribution is 9.10. The molecule has 1 aliphatic rings. The summed E-state index contributed by atoms with van der Waals surface area (Å²) in [6.07, 6.45) is 2.13. The highest BCUT2D eigenvalue weighted by Crippen LogP contribution is 2.28. The molecule has 1 aromatic carbocycles. The number of para-hydroxylation sites is 1. The van der Waals surface area contributed by atoms with Gasteiger partial charge in [-0.05, 0) is 34.1 Å². The Bertz CT molecular complexity index is 967. The first-order valence-electron chi connectivity index (χ1n) is 7.88. The van der Waals surface area contributed by atoms with Crippen molar-refractivity contribution in [3.05, 3.63) is 58.3 Å². The molecule has 1 N–H and O–H groups in total. The number of methoxy groups -OCH3 is 1. The number of hydrogen-bond acceptors (Lipinski definition) is 5. The minimum atomic E-state index is -0.00459. The molecule has 3 aromatic rings. The molecule has 0 spiro atoms. The number of aromatic nitrogens is 2. The van der Waals surface area contributed by atoms with Crippen molar-refractivity contribution >= 4 is 32.7 Å². The quantitative estimate of drug-likeness (QED) is 0.731. The molecular formula is C18H17BrN4O2. The molecule has 128 valence electrons. The van der Waals surface area contributed by atoms with Gasteiger partial charge in [-0.1, -0.05) is 23.4 Å². The van der Waals surface area contributed by atoms with E-state index in [2.05, 4.69) is 54.3 Å². The average molecular weight is 401 g/mol. The first kappa shape index (κ1) is 16.0. The van der Waals surface area contributed by atoms with Crippen molar-refractivity contribution in [2.45, 2.75) is 6.04 Å². The molecule has 1 aliphatic heterocycles. The van der Waals surface area contributed by atoms with Crippen LogP contribution in [0.25, 0.3) is 10.9 Å². The fourth-order valence-electron chi connectivity index (χ4n) is 3.05. The van der Waals surface area contributed by atoms with Crippen LogP contribution in [0.1, 0.15) is 17.3 Å². The van der Waals surface area contributed by atoms with Crippen LogP contribution in [0.4, 0.5) is 0 Å². The second-order valence-electron chi connectivity index (χ2n) is 5.83. The second kappa shape index (κ2) is 6.40. The molecule has 0 fully saturated rings. The van der Waals surface area contributed by atoms with Gasteiger partial charge in [-0.3, -0.25) is 0 Å². The van der Waals surface area contributed by atoms with Crippen molar-refractivity contribution in [3.63, 3.8) is 0 Å². The first-order valence-corrected chi connectivity index (χ1v) is 8.68. The number of pyridine rings is 1. The lowest BCUT2D eigenvalue weighted by molar-refractivity contribution is 0.109. The van der Waals surface area contributed by atoms with E-state index in [0.717, 1.165) is 4.47 Å². The van der Waals surface area contributed by atoms with Crippen LogP contribution in [0.2, 0.25) is 0 Å². The van der Waals surface area contributed by atoms with Crippen LogP contribution in [0.3, 0.4) is 0 Å². The summed E-state index contributed by atoms with van der Waals surface area (Å²) < 4.78 is 8.18. The van der Waals surface area contributed by atoms with Crippen LogP contribution in [0.15, 0.2) is 52.2 Å². The van der Waals surface area contributed by atoms with Gasteiger partial charge in [0.05, 0.1) is 17.6 Å². The number of benzene rings is 1. The first-order chi connectivity index (χ1) is 12.2. The minimum Gasteiger partial charge on any atom is -0.480 e. The van der Waals surface area contributed by atoms with E-state index in [1.807, 2.05) is 31.3 Å². The number of oxime groups is 1. The molecule has 1 atom stereocenters. The standard InChI is InChI=1S/C18H17BrN4O2/c1-23-9-12(11-5-3-4-6-16(11)23)15-10-25-22-17(20-15)14-8-7-13(19)18(21-14)24-2/h3-9,15H,10H2,1-2H3,(H,20,22). The molecule has 4 rings (SSSR count). The van der Waals surface area contributed by atoms with E-state index in [1.165, 1.54) is 16.5 Å². The summed E-state index contributed by atoms with van der Waals surface area (Å²) in [5.74, 6) is 1.10. The van der Waals surface area contributed by atoms with Crippen molar-refractivity contribution < 1.29 is 9.57 Å². The number of amidine groups is 1. The lowest BCUT2D eigenvalue weighted by Gasteiger charge is -2.23. The molecule has 0 bridgehead atoms. The van der Waals surface area contributed by atoms with Gasteiger partial charge in [0, 0.05) is 29.7 Å². The van der Waals surface area contributed by atoms with Gasteiger partial charge in [-0.15, -0.1) is 0 Å². The SMILES string of the molecule is COc1nc(C2=NOCC(c3cn(C)c4ccccc34)N2)ccc1Br. The zero-order valence-corrected chi connectivity index (χ0v) is 15.4. The fourth-order valence-corrected chi connectivity index (χ4v) is 3.43. The summed E-state index contributed by atoms with van der Waals surface area (Å²) in [6, 6.07) is 12.1. The lowest BCUT2D eigenvalue weighted by atomic mass is 10.1. The highest BCUT2D eigenvalue weighted by Gasteiger charge is 2.24. The van der Waals surface area contributed by atoms with Crippen LogP contribution in [-0.4, -0.2) is 29.1 Å². The highest BCUT2D eigenvalue weighted by atomic mass is 79.9. The van der Waals surface area contributed by atoms with Crippen molar-refractivity contribution in [1.29, 1.82) is 0 Å². The van der Waals surface area contributed by atoms with Gasteiger partial charge in [0.15, 0.2) is 5.84 Å². The van der Waals surface area contributed by atoms with Crippen LogP contribution < -0.4 is 10.1 Å². The molecule has 0 aliphatic carbocycles. The van der Waals surface area contributed by atoms with Crippen LogP contribution in [0, 0.1) is 0 Å². The monoisotopic (exact) mass is 400 g/mol. The van der Waals surface area contributed by atoms with Gasteiger partial charge < -0.3 is 19.5 Å². The third-order valence-corrected chi connectivity index (χ3v) is 4.86. The number of aryl methyl sites for hydroxylation is 1. The minimum absolute atomic E-state index is 0.00459. The Labute approximate surface area is 153 Å². The van der Waals surface area contributed by atoms with Crippen molar-refractivity contribution in [2.24, 2.45) is 12.2 Å². The van der Waals surface area contributed by atoms with E-state index >= 15 is 0 Å². The number of hydrogen-bond donors (Lipinski definition) is 1. The zero-order chi connectivity index (χ0) is 17.4. The Morgan fingerprint density at radius 3 is 2.96 bits per heavy atom. The van der Waals surface area contributed by atoms with Crippen molar-refractivity contribution in [1.82, 2.24) is 14.9 Å². The molecule has 1 unspecified atom stereocenters. The Hall–Kier alpha value is -2.54. The third kappa shape index (κ3) is 2.84. The molecule has 0 amide bonds. The number of halogens is 1. The number of ether oxygens (including phenoxy) is 1. The van der Waals surface area contributed by atoms with Crippen molar-refractivity contribution in [3.8, 4) is 5.88 Å². The van der Waals surface area contributed by atoms with E-state index in [4.69, 9.17) is 9.57 Å². The summed E-state index contributed by atoms with van der Waals surface area (Å²) in [6.45, 7) is 0.463. The largest absolute Gasteiger partial charge is 0.480 e. The summed E-state index contributed by atoms with van der Waals surface area (Å²) in [5, 5.41) is 8.78. The fraction of sp³-hybridized carbons (Fsp3) is 0.222. The summed E-state index contributed by atoms with van der Waals surface area (Å²) in [7, 11) is 3.63. The maximum absolute atomic E-state index is 5.49. The van der Waals surface area contributed by atoms with E-state index in [0.29, 0.717) is 24.0 Å². The second-order valence-corrected chi connectivity index (χ2v) is 6.69. The molecule has 0 radical (unpaired) electrons. The summed E-state index contributed by atoms with van der Waals surface area (Å²) >= 11 is 3.41. The van der Waals surface area contributed by atoms with E-state index < -0.39 is 0 Å². The number of rotatable bonds is 3. The van der Waals surface area contributed by atoms with Gasteiger partial charge in [-0.2, -0.15) is 0 Å². The Morgan fingerprint density at radius 2 is 2.12 bits per heavy atom. The van der Waals surface area contributed by atoms with Gasteiger partial charge in [0.25, 0.3) is 0 Å². The molecule has 0 saturated carbocycles. The van der Waals surface area contributed by atoms with Gasteiger partial charge >= 0.3 is 0 Å². The number of nitrogens with zero attached hydrogens (tertiary/aromatic N) is 3. The molecule has 7 heteroatoms. The van der Waals surface area contributed by atoms with E-state index in [9.17, 15) is 0 Å². The van der Waals surface area contributed by atoms with E-state index in [-0.39, 0.29) is 6.04 Å². The zero-order valence-electron chi connectivity index (χ0n) is 13.9. The van der Waals surface area contributed by atoms with Gasteiger partial charge in [0.1, 0.15) is 12.3 Å². The lowest BCUT2D eigenvalue weighted by Crippen LogP contribution is -2.36. The smallest absolute Gasteiger partial charge is 0.228 e. The Kier molecular flexibility index (Phi) is 4.09. The molecule has 0 saturated heterocycles. The number of nitrogens with one attached hydrogen (secondary N) is 1. The summed E-state index contributed by atoms with van der Waals surface area (Å²) in [5.41, 5.74) is 3.03. The maximum atomic E-state index is 5.49. The molecule has 3 heterocycles. The number of fused-ring (bicyclic) bond motifs is 1. The molecule has 6 nitrogen and oxygen atoms in total. The maximum Gasteiger partial charge on any atom is 0.228 e. The predicted molar refractivity (Wildman–Crippen MR) is 99.8 cm³/mol. The molecule has 2 aromatic heterocycles. The van der Waals surface area contributed by atoms with Gasteiger partial charge in [-0.25, -0.2) is 4.98 Å². The predicted octanol–water partition coefficient (Wildman–Crippen LogP) is 3.37. The normalized spacial score (nSPS) is 16.9. The molecule has 25 heavy (non-hydrogen) atoms. The average Bonchev–Trinajstić information content (AvgIpc) is 2.99. The van der Waals surface area contributed by atoms with Crippen LogP contribution in [-0.2, 0) is 11.9 Å². The topological polar surface area (TPSA) is 60.7 Å². The Morgan fingerprint density at radius 1 is 1.28 bits per heavy atom. The van der Waals surface area contributed by atoms with Crippen LogP contribution >= 0.6 is 15.9 Å². The molecular weight excluding hydrogens is 384 g/mol. The third-order valence-electron chi connectivity index (χ3n) is 4.26.